The molecule has 4 nitrogen and oxygen atoms in total. The van der Waals surface area contributed by atoms with Gasteiger partial charge in [0, 0.05) is 5.54 Å². The molecule has 17 heavy (non-hydrogen) atoms. The van der Waals surface area contributed by atoms with Crippen LogP contribution < -0.4 is 10.5 Å². The Labute approximate surface area is 107 Å². The summed E-state index contributed by atoms with van der Waals surface area (Å²) in [4.78, 5) is 7.93. The van der Waals surface area contributed by atoms with E-state index in [1.807, 2.05) is 0 Å². The summed E-state index contributed by atoms with van der Waals surface area (Å²) in [6.45, 7) is 0.575. The van der Waals surface area contributed by atoms with Gasteiger partial charge in [-0.1, -0.05) is 30.9 Å². The number of rotatable bonds is 4. The third-order valence-corrected chi connectivity index (χ3v) is 3.46. The van der Waals surface area contributed by atoms with E-state index in [0.717, 1.165) is 19.3 Å². The van der Waals surface area contributed by atoms with Crippen molar-refractivity contribution < 1.29 is 4.74 Å². The molecule has 1 aliphatic carbocycles. The van der Waals surface area contributed by atoms with Gasteiger partial charge in [-0.2, -0.15) is 4.98 Å². The lowest BCUT2D eigenvalue weighted by Gasteiger charge is -2.33. The first-order valence-electron chi connectivity index (χ1n) is 6.07. The second-order valence-corrected chi connectivity index (χ2v) is 5.09. The molecule has 0 aromatic carbocycles. The van der Waals surface area contributed by atoms with Crippen molar-refractivity contribution in [1.82, 2.24) is 9.97 Å². The average Bonchev–Trinajstić information content (AvgIpc) is 2.30. The third kappa shape index (κ3) is 3.82. The van der Waals surface area contributed by atoms with Gasteiger partial charge >= 0.3 is 0 Å². The molecule has 1 saturated carbocycles. The van der Waals surface area contributed by atoms with Gasteiger partial charge in [-0.15, -0.1) is 0 Å². The van der Waals surface area contributed by atoms with Crippen LogP contribution in [0.15, 0.2) is 12.4 Å². The lowest BCUT2D eigenvalue weighted by Crippen LogP contribution is -2.42. The van der Waals surface area contributed by atoms with Crippen LogP contribution in [0.1, 0.15) is 38.5 Å². The number of hydrogen-bond donors (Lipinski definition) is 1. The molecular weight excluding hydrogens is 238 g/mol. The van der Waals surface area contributed by atoms with Gasteiger partial charge in [0.1, 0.15) is 0 Å². The molecule has 2 rings (SSSR count). The molecule has 1 heterocycles. The van der Waals surface area contributed by atoms with Gasteiger partial charge in [-0.05, 0) is 19.3 Å². The van der Waals surface area contributed by atoms with Gasteiger partial charge in [0.05, 0.1) is 19.0 Å². The quantitative estimate of drug-likeness (QED) is 0.898. The first kappa shape index (κ1) is 12.6. The zero-order valence-electron chi connectivity index (χ0n) is 9.86. The Morgan fingerprint density at radius 3 is 2.76 bits per heavy atom. The second kappa shape index (κ2) is 5.65. The van der Waals surface area contributed by atoms with Crippen LogP contribution in [0.2, 0.25) is 5.15 Å². The highest BCUT2D eigenvalue weighted by molar-refractivity contribution is 6.29. The van der Waals surface area contributed by atoms with Crippen LogP contribution in [-0.2, 0) is 0 Å². The Balaban J connectivity index is 1.79. The van der Waals surface area contributed by atoms with E-state index < -0.39 is 0 Å². The van der Waals surface area contributed by atoms with Gasteiger partial charge in [0.15, 0.2) is 5.15 Å². The molecule has 1 aliphatic rings. The van der Waals surface area contributed by atoms with Gasteiger partial charge in [0.2, 0.25) is 5.88 Å². The summed E-state index contributed by atoms with van der Waals surface area (Å²) in [5.41, 5.74) is 6.26. The lowest BCUT2D eigenvalue weighted by molar-refractivity contribution is 0.210. The number of ether oxygens (including phenoxy) is 1. The molecule has 5 heteroatoms. The number of nitrogens with two attached hydrogens (primary N) is 1. The van der Waals surface area contributed by atoms with E-state index in [1.54, 1.807) is 6.20 Å². The van der Waals surface area contributed by atoms with Crippen molar-refractivity contribution in [1.29, 1.82) is 0 Å². The van der Waals surface area contributed by atoms with Crippen molar-refractivity contribution in [3.05, 3.63) is 17.5 Å². The number of halogens is 1. The van der Waals surface area contributed by atoms with Crippen LogP contribution in [0.25, 0.3) is 0 Å². The Bertz CT molecular complexity index is 367. The predicted octanol–water partition coefficient (Wildman–Crippen LogP) is 2.56. The molecule has 0 radical (unpaired) electrons. The van der Waals surface area contributed by atoms with E-state index in [1.165, 1.54) is 25.5 Å². The molecule has 94 valence electrons. The molecule has 2 N–H and O–H groups in total. The summed E-state index contributed by atoms with van der Waals surface area (Å²) >= 11 is 5.72. The summed E-state index contributed by atoms with van der Waals surface area (Å²) in [5.74, 6) is 0.469. The fraction of sp³-hybridized carbons (Fsp3) is 0.667. The van der Waals surface area contributed by atoms with Crippen molar-refractivity contribution in [2.75, 3.05) is 6.61 Å². The maximum Gasteiger partial charge on any atom is 0.233 e. The van der Waals surface area contributed by atoms with Crippen molar-refractivity contribution in [3.63, 3.8) is 0 Å². The zero-order chi connectivity index (χ0) is 12.1. The lowest BCUT2D eigenvalue weighted by atomic mass is 9.80. The van der Waals surface area contributed by atoms with E-state index in [2.05, 4.69) is 9.97 Å². The topological polar surface area (TPSA) is 61.0 Å². The summed E-state index contributed by atoms with van der Waals surface area (Å²) in [6, 6.07) is 0. The fourth-order valence-electron chi connectivity index (χ4n) is 2.26. The minimum Gasteiger partial charge on any atom is -0.476 e. The van der Waals surface area contributed by atoms with Crippen LogP contribution in [-0.4, -0.2) is 22.1 Å². The largest absolute Gasteiger partial charge is 0.476 e. The zero-order valence-corrected chi connectivity index (χ0v) is 10.6. The first-order chi connectivity index (χ1) is 8.18. The normalized spacial score (nSPS) is 18.9. The fourth-order valence-corrected chi connectivity index (χ4v) is 2.40. The summed E-state index contributed by atoms with van der Waals surface area (Å²) in [5, 5.41) is 0.350. The molecule has 1 aromatic rings. The molecule has 0 spiro atoms. The number of nitrogens with zero attached hydrogens (tertiary/aromatic N) is 2. The monoisotopic (exact) mass is 255 g/mol. The van der Waals surface area contributed by atoms with Crippen LogP contribution in [0.3, 0.4) is 0 Å². The van der Waals surface area contributed by atoms with Crippen molar-refractivity contribution in [2.45, 2.75) is 44.1 Å². The molecular formula is C12H18ClN3O. The molecule has 1 fully saturated rings. The molecule has 0 aliphatic heterocycles. The highest BCUT2D eigenvalue weighted by Gasteiger charge is 2.27. The standard InChI is InChI=1S/C12H18ClN3O/c13-10-8-15-9-11(16-10)17-7-6-12(14)4-2-1-3-5-12/h8-9H,1-7,14H2. The van der Waals surface area contributed by atoms with Crippen molar-refractivity contribution in [2.24, 2.45) is 5.73 Å². The maximum atomic E-state index is 6.31. The van der Waals surface area contributed by atoms with E-state index >= 15 is 0 Å². The first-order valence-corrected chi connectivity index (χ1v) is 6.45. The highest BCUT2D eigenvalue weighted by atomic mass is 35.5. The molecule has 0 unspecified atom stereocenters. The smallest absolute Gasteiger partial charge is 0.233 e. The van der Waals surface area contributed by atoms with E-state index in [0.29, 0.717) is 17.6 Å². The van der Waals surface area contributed by atoms with Gasteiger partial charge in [-0.3, -0.25) is 4.98 Å². The third-order valence-electron chi connectivity index (χ3n) is 3.28. The van der Waals surface area contributed by atoms with Crippen molar-refractivity contribution >= 4 is 11.6 Å². The maximum absolute atomic E-state index is 6.31. The molecule has 0 bridgehead atoms. The van der Waals surface area contributed by atoms with Gasteiger partial charge in [-0.25, -0.2) is 0 Å². The Morgan fingerprint density at radius 2 is 2.06 bits per heavy atom. The summed E-state index contributed by atoms with van der Waals surface area (Å²) in [6.07, 6.45) is 9.87. The average molecular weight is 256 g/mol. The second-order valence-electron chi connectivity index (χ2n) is 4.70. The van der Waals surface area contributed by atoms with E-state index in [4.69, 9.17) is 22.1 Å². The summed E-state index contributed by atoms with van der Waals surface area (Å²) in [7, 11) is 0. The number of aromatic nitrogens is 2. The van der Waals surface area contributed by atoms with Gasteiger partial charge < -0.3 is 10.5 Å². The van der Waals surface area contributed by atoms with E-state index in [9.17, 15) is 0 Å². The number of hydrogen-bond acceptors (Lipinski definition) is 4. The minimum absolute atomic E-state index is 0.0513. The Hall–Kier alpha value is -0.870. The van der Waals surface area contributed by atoms with E-state index in [-0.39, 0.29) is 5.54 Å². The summed E-state index contributed by atoms with van der Waals surface area (Å²) < 4.78 is 5.52. The molecule has 0 atom stereocenters. The van der Waals surface area contributed by atoms with Crippen LogP contribution in [0, 0.1) is 0 Å². The predicted molar refractivity (Wildman–Crippen MR) is 67.2 cm³/mol. The molecule has 0 amide bonds. The molecule has 0 saturated heterocycles. The SMILES string of the molecule is NC1(CCOc2cncc(Cl)n2)CCCCC1. The highest BCUT2D eigenvalue weighted by Crippen LogP contribution is 2.28. The minimum atomic E-state index is -0.0513. The van der Waals surface area contributed by atoms with Crippen LogP contribution >= 0.6 is 11.6 Å². The van der Waals surface area contributed by atoms with Crippen molar-refractivity contribution in [3.8, 4) is 5.88 Å². The Morgan fingerprint density at radius 1 is 1.29 bits per heavy atom. The van der Waals surface area contributed by atoms with Gasteiger partial charge in [0.25, 0.3) is 0 Å². The Kier molecular flexibility index (Phi) is 4.18. The van der Waals surface area contributed by atoms with Crippen LogP contribution in [0.4, 0.5) is 0 Å². The van der Waals surface area contributed by atoms with Crippen LogP contribution in [0.5, 0.6) is 5.88 Å². The molecule has 1 aromatic heterocycles.